The second-order valence-corrected chi connectivity index (χ2v) is 4.67. The first kappa shape index (κ1) is 10.6. The van der Waals surface area contributed by atoms with E-state index in [-0.39, 0.29) is 0 Å². The molecule has 2 atom stereocenters. The molecule has 0 amide bonds. The van der Waals surface area contributed by atoms with Gasteiger partial charge in [-0.1, -0.05) is 6.42 Å². The first-order chi connectivity index (χ1) is 8.38. The van der Waals surface area contributed by atoms with Crippen LogP contribution in [-0.2, 0) is 0 Å². The van der Waals surface area contributed by atoms with Crippen LogP contribution in [0, 0.1) is 5.92 Å². The molecule has 0 spiro atoms. The quantitative estimate of drug-likeness (QED) is 0.851. The Balaban J connectivity index is 1.87. The van der Waals surface area contributed by atoms with Crippen LogP contribution in [0.5, 0.6) is 0 Å². The minimum Gasteiger partial charge on any atom is -0.464 e. The normalized spacial score (nSPS) is 24.3. The van der Waals surface area contributed by atoms with E-state index >= 15 is 0 Å². The molecule has 4 nitrogen and oxygen atoms in total. The number of pyridine rings is 1. The van der Waals surface area contributed by atoms with Gasteiger partial charge in [0.25, 0.3) is 0 Å². The second kappa shape index (κ2) is 4.37. The number of nitrogens with zero attached hydrogens (tertiary/aromatic N) is 1. The lowest BCUT2D eigenvalue weighted by Gasteiger charge is -2.20. The van der Waals surface area contributed by atoms with Crippen LogP contribution in [0.3, 0.4) is 0 Å². The molecule has 90 valence electrons. The third kappa shape index (κ3) is 1.89. The maximum Gasteiger partial charge on any atom is 0.139 e. The number of nitrogens with one attached hydrogen (secondary N) is 1. The second-order valence-electron chi connectivity index (χ2n) is 4.67. The standard InChI is InChI=1S/C13H17N3O/c14-8-9-2-1-3-11(9)16-13-10-5-7-17-12(10)4-6-15-13/h4-7,9,11H,1-3,8,14H2,(H,15,16). The molecule has 1 aliphatic carbocycles. The first-order valence-electron chi connectivity index (χ1n) is 6.17. The predicted octanol–water partition coefficient (Wildman–Crippen LogP) is 2.37. The molecule has 0 bridgehead atoms. The van der Waals surface area contributed by atoms with Crippen LogP contribution < -0.4 is 11.1 Å². The summed E-state index contributed by atoms with van der Waals surface area (Å²) in [5, 5.41) is 4.57. The Bertz CT molecular complexity index is 508. The molecule has 0 aliphatic heterocycles. The van der Waals surface area contributed by atoms with Crippen molar-refractivity contribution >= 4 is 16.8 Å². The molecule has 4 heteroatoms. The van der Waals surface area contributed by atoms with Gasteiger partial charge in [-0.3, -0.25) is 0 Å². The lowest BCUT2D eigenvalue weighted by atomic mass is 10.0. The van der Waals surface area contributed by atoms with E-state index in [4.69, 9.17) is 10.2 Å². The Morgan fingerprint density at radius 1 is 1.41 bits per heavy atom. The lowest BCUT2D eigenvalue weighted by Crippen LogP contribution is -2.29. The van der Waals surface area contributed by atoms with E-state index in [0.29, 0.717) is 12.0 Å². The molecule has 2 unspecified atom stereocenters. The molecule has 2 heterocycles. The highest BCUT2D eigenvalue weighted by Gasteiger charge is 2.26. The van der Waals surface area contributed by atoms with Gasteiger partial charge < -0.3 is 15.5 Å². The Morgan fingerprint density at radius 2 is 2.35 bits per heavy atom. The summed E-state index contributed by atoms with van der Waals surface area (Å²) >= 11 is 0. The van der Waals surface area contributed by atoms with E-state index in [1.165, 1.54) is 19.3 Å². The Hall–Kier alpha value is -1.55. The fraction of sp³-hybridized carbons (Fsp3) is 0.462. The van der Waals surface area contributed by atoms with Crippen LogP contribution in [0.15, 0.2) is 29.0 Å². The van der Waals surface area contributed by atoms with E-state index in [0.717, 1.165) is 23.3 Å². The van der Waals surface area contributed by atoms with Gasteiger partial charge in [-0.15, -0.1) is 0 Å². The molecule has 17 heavy (non-hydrogen) atoms. The Morgan fingerprint density at radius 3 is 3.24 bits per heavy atom. The van der Waals surface area contributed by atoms with Crippen LogP contribution in [0.1, 0.15) is 19.3 Å². The van der Waals surface area contributed by atoms with E-state index in [1.807, 2.05) is 12.1 Å². The zero-order valence-corrected chi connectivity index (χ0v) is 9.73. The van der Waals surface area contributed by atoms with Gasteiger partial charge in [0.1, 0.15) is 11.4 Å². The van der Waals surface area contributed by atoms with Gasteiger partial charge >= 0.3 is 0 Å². The highest BCUT2D eigenvalue weighted by atomic mass is 16.3. The average Bonchev–Trinajstić information content (AvgIpc) is 2.97. The van der Waals surface area contributed by atoms with Crippen molar-refractivity contribution in [2.24, 2.45) is 11.7 Å². The minimum atomic E-state index is 0.452. The van der Waals surface area contributed by atoms with E-state index in [9.17, 15) is 0 Å². The molecule has 1 saturated carbocycles. The van der Waals surface area contributed by atoms with Gasteiger partial charge in [0.15, 0.2) is 0 Å². The number of anilines is 1. The summed E-state index contributed by atoms with van der Waals surface area (Å²) in [6.45, 7) is 0.749. The van der Waals surface area contributed by atoms with Crippen molar-refractivity contribution in [1.82, 2.24) is 4.98 Å². The first-order valence-corrected chi connectivity index (χ1v) is 6.17. The number of nitrogens with two attached hydrogens (primary N) is 1. The number of rotatable bonds is 3. The number of furan rings is 1. The van der Waals surface area contributed by atoms with Crippen LogP contribution in [0.25, 0.3) is 11.0 Å². The highest BCUT2D eigenvalue weighted by Crippen LogP contribution is 2.30. The lowest BCUT2D eigenvalue weighted by molar-refractivity contribution is 0.516. The van der Waals surface area contributed by atoms with Crippen molar-refractivity contribution in [2.75, 3.05) is 11.9 Å². The predicted molar refractivity (Wildman–Crippen MR) is 67.8 cm³/mol. The van der Waals surface area contributed by atoms with Crippen LogP contribution in [-0.4, -0.2) is 17.6 Å². The van der Waals surface area contributed by atoms with Crippen LogP contribution >= 0.6 is 0 Å². The number of fused-ring (bicyclic) bond motifs is 1. The molecule has 2 aromatic rings. The molecule has 1 fully saturated rings. The molecule has 3 rings (SSSR count). The third-order valence-corrected chi connectivity index (χ3v) is 3.66. The van der Waals surface area contributed by atoms with Crippen molar-refractivity contribution in [2.45, 2.75) is 25.3 Å². The van der Waals surface area contributed by atoms with Crippen LogP contribution in [0.2, 0.25) is 0 Å². The van der Waals surface area contributed by atoms with Crippen molar-refractivity contribution in [1.29, 1.82) is 0 Å². The third-order valence-electron chi connectivity index (χ3n) is 3.66. The minimum absolute atomic E-state index is 0.452. The number of hydrogen-bond donors (Lipinski definition) is 2. The van der Waals surface area contributed by atoms with Crippen molar-refractivity contribution in [3.63, 3.8) is 0 Å². The van der Waals surface area contributed by atoms with E-state index in [2.05, 4.69) is 10.3 Å². The summed E-state index contributed by atoms with van der Waals surface area (Å²) in [6, 6.07) is 4.29. The van der Waals surface area contributed by atoms with Crippen molar-refractivity contribution in [3.8, 4) is 0 Å². The molecular weight excluding hydrogens is 214 g/mol. The average molecular weight is 231 g/mol. The van der Waals surface area contributed by atoms with Gasteiger partial charge in [-0.2, -0.15) is 0 Å². The smallest absolute Gasteiger partial charge is 0.139 e. The highest BCUT2D eigenvalue weighted by molar-refractivity contribution is 5.87. The molecule has 0 saturated heterocycles. The summed E-state index contributed by atoms with van der Waals surface area (Å²) in [5.41, 5.74) is 6.67. The van der Waals surface area contributed by atoms with Gasteiger partial charge in [-0.25, -0.2) is 4.98 Å². The van der Waals surface area contributed by atoms with Gasteiger partial charge in [0.2, 0.25) is 0 Å². The number of hydrogen-bond acceptors (Lipinski definition) is 4. The Labute approximate surface area is 100 Å². The van der Waals surface area contributed by atoms with Gasteiger partial charge in [0.05, 0.1) is 11.6 Å². The van der Waals surface area contributed by atoms with E-state index < -0.39 is 0 Å². The summed E-state index contributed by atoms with van der Waals surface area (Å²) in [5.74, 6) is 1.49. The van der Waals surface area contributed by atoms with Crippen LogP contribution in [0.4, 0.5) is 5.82 Å². The summed E-state index contributed by atoms with van der Waals surface area (Å²) < 4.78 is 5.37. The molecule has 3 N–H and O–H groups in total. The SMILES string of the molecule is NCC1CCCC1Nc1nccc2occc12. The molecule has 0 aromatic carbocycles. The molecule has 2 aromatic heterocycles. The van der Waals surface area contributed by atoms with E-state index in [1.54, 1.807) is 12.5 Å². The zero-order chi connectivity index (χ0) is 11.7. The Kier molecular flexibility index (Phi) is 2.73. The summed E-state index contributed by atoms with van der Waals surface area (Å²) in [4.78, 5) is 4.40. The van der Waals surface area contributed by atoms with Gasteiger partial charge in [0, 0.05) is 12.2 Å². The fourth-order valence-electron chi connectivity index (χ4n) is 2.69. The zero-order valence-electron chi connectivity index (χ0n) is 9.73. The number of aromatic nitrogens is 1. The van der Waals surface area contributed by atoms with Gasteiger partial charge in [-0.05, 0) is 37.4 Å². The molecule has 0 radical (unpaired) electrons. The maximum atomic E-state index is 5.79. The largest absolute Gasteiger partial charge is 0.464 e. The monoisotopic (exact) mass is 231 g/mol. The summed E-state index contributed by atoms with van der Waals surface area (Å²) in [7, 11) is 0. The van der Waals surface area contributed by atoms with Crippen molar-refractivity contribution < 1.29 is 4.42 Å². The topological polar surface area (TPSA) is 64.1 Å². The molecular formula is C13H17N3O. The maximum absolute atomic E-state index is 5.79. The van der Waals surface area contributed by atoms with Crippen molar-refractivity contribution in [3.05, 3.63) is 24.6 Å². The fourth-order valence-corrected chi connectivity index (χ4v) is 2.69. The summed E-state index contributed by atoms with van der Waals surface area (Å²) in [6.07, 6.45) is 7.13. The molecule has 1 aliphatic rings.